The van der Waals surface area contributed by atoms with Gasteiger partial charge in [0, 0.05) is 17.1 Å². The molecular weight excluding hydrogens is 184 g/mol. The summed E-state index contributed by atoms with van der Waals surface area (Å²) in [4.78, 5) is 3.19. The van der Waals surface area contributed by atoms with Gasteiger partial charge in [-0.05, 0) is 25.1 Å². The molecule has 0 saturated heterocycles. The number of nitrogens with two attached hydrogens (primary N) is 1. The van der Waals surface area contributed by atoms with E-state index in [1.54, 1.807) is 0 Å². The average molecular weight is 206 g/mol. The molecule has 0 bridgehead atoms. The molecule has 0 aliphatic rings. The minimum absolute atomic E-state index is 0.750. The molecule has 2 aromatic rings. The van der Waals surface area contributed by atoms with Crippen LogP contribution in [0.5, 0.6) is 0 Å². The maximum absolute atomic E-state index is 4.85. The van der Waals surface area contributed by atoms with Gasteiger partial charge in [0.2, 0.25) is 0 Å². The van der Waals surface area contributed by atoms with Crippen molar-refractivity contribution in [3.05, 3.63) is 36.0 Å². The molecule has 1 aromatic carbocycles. The van der Waals surface area contributed by atoms with E-state index in [-0.39, 0.29) is 0 Å². The second kappa shape index (κ2) is 8.06. The number of hydrogen-bond acceptors (Lipinski definition) is 1. The van der Waals surface area contributed by atoms with Crippen molar-refractivity contribution < 1.29 is 0 Å². The molecule has 0 aliphatic heterocycles. The zero-order chi connectivity index (χ0) is 11.7. The molecule has 2 nitrogen and oxygen atoms in total. The number of rotatable bonds is 0. The third kappa shape index (κ3) is 4.17. The summed E-state index contributed by atoms with van der Waals surface area (Å²) in [6, 6.07) is 8.31. The van der Waals surface area contributed by atoms with Crippen LogP contribution < -0.4 is 5.73 Å². The van der Waals surface area contributed by atoms with E-state index in [2.05, 4.69) is 30.1 Å². The number of fused-ring (bicyclic) bond motifs is 1. The van der Waals surface area contributed by atoms with Gasteiger partial charge in [0.15, 0.2) is 0 Å². The molecule has 84 valence electrons. The van der Waals surface area contributed by atoms with Gasteiger partial charge in [0.05, 0.1) is 0 Å². The minimum atomic E-state index is 0.750. The van der Waals surface area contributed by atoms with Crippen LogP contribution in [0, 0.1) is 6.92 Å². The number of aromatic amines is 1. The summed E-state index contributed by atoms with van der Waals surface area (Å²) in [6.45, 7) is 8.76. The Balaban J connectivity index is 0.000000342. The van der Waals surface area contributed by atoms with Crippen LogP contribution in [0.3, 0.4) is 0 Å². The second-order valence-electron chi connectivity index (χ2n) is 2.93. The van der Waals surface area contributed by atoms with Crippen molar-refractivity contribution in [2.24, 2.45) is 5.73 Å². The van der Waals surface area contributed by atoms with Crippen LogP contribution in [0.2, 0.25) is 0 Å². The highest BCUT2D eigenvalue weighted by Gasteiger charge is 1.94. The van der Waals surface area contributed by atoms with Gasteiger partial charge in [-0.2, -0.15) is 0 Å². The lowest BCUT2D eigenvalue weighted by Gasteiger charge is -1.86. The molecule has 0 aliphatic carbocycles. The van der Waals surface area contributed by atoms with Crippen molar-refractivity contribution in [1.82, 2.24) is 4.98 Å². The molecule has 0 unspecified atom stereocenters. The minimum Gasteiger partial charge on any atom is -0.361 e. The lowest BCUT2D eigenvalue weighted by molar-refractivity contribution is 1.14. The van der Waals surface area contributed by atoms with E-state index in [0.29, 0.717) is 0 Å². The van der Waals surface area contributed by atoms with E-state index in [1.807, 2.05) is 33.0 Å². The molecule has 2 heteroatoms. The lowest BCUT2D eigenvalue weighted by Crippen LogP contribution is -1.87. The van der Waals surface area contributed by atoms with Crippen molar-refractivity contribution in [3.63, 3.8) is 0 Å². The van der Waals surface area contributed by atoms with Crippen LogP contribution in [0.15, 0.2) is 30.5 Å². The number of para-hydroxylation sites is 1. The van der Waals surface area contributed by atoms with Crippen molar-refractivity contribution in [3.8, 4) is 0 Å². The van der Waals surface area contributed by atoms with E-state index in [1.165, 1.54) is 16.5 Å². The summed E-state index contributed by atoms with van der Waals surface area (Å²) in [5.74, 6) is 0. The topological polar surface area (TPSA) is 41.8 Å². The van der Waals surface area contributed by atoms with E-state index in [9.17, 15) is 0 Å². The molecule has 1 aromatic heterocycles. The first-order chi connectivity index (χ1) is 7.29. The fraction of sp³-hybridized carbons (Fsp3) is 0.385. The first-order valence-electron chi connectivity index (χ1n) is 5.52. The molecule has 0 atom stereocenters. The zero-order valence-corrected chi connectivity index (χ0v) is 10.2. The highest BCUT2D eigenvalue weighted by Crippen LogP contribution is 2.15. The molecule has 3 N–H and O–H groups in total. The molecule has 0 spiro atoms. The van der Waals surface area contributed by atoms with Crippen LogP contribution in [0.25, 0.3) is 10.9 Å². The smallest absolute Gasteiger partial charge is 0.0456 e. The van der Waals surface area contributed by atoms with Crippen LogP contribution in [-0.2, 0) is 0 Å². The maximum atomic E-state index is 4.85. The average Bonchev–Trinajstić information content (AvgIpc) is 2.65. The van der Waals surface area contributed by atoms with Gasteiger partial charge in [0.25, 0.3) is 0 Å². The molecule has 0 amide bonds. The molecule has 1 heterocycles. The van der Waals surface area contributed by atoms with Gasteiger partial charge in [-0.3, -0.25) is 0 Å². The van der Waals surface area contributed by atoms with Gasteiger partial charge >= 0.3 is 0 Å². The Kier molecular flexibility index (Phi) is 7.38. The standard InChI is InChI=1S/C9H9N.C2H7N.C2H6/c1-7-6-10-9-5-3-2-4-8(7)9;1-2-3;1-2/h2-6,10H,1H3;2-3H2,1H3;1-2H3. The quantitative estimate of drug-likeness (QED) is 0.681. The number of aromatic nitrogens is 1. The highest BCUT2D eigenvalue weighted by molar-refractivity contribution is 5.82. The van der Waals surface area contributed by atoms with Crippen molar-refractivity contribution in [1.29, 1.82) is 0 Å². The number of aryl methyl sites for hydroxylation is 1. The summed E-state index contributed by atoms with van der Waals surface area (Å²) < 4.78 is 0. The van der Waals surface area contributed by atoms with Crippen molar-refractivity contribution >= 4 is 10.9 Å². The van der Waals surface area contributed by atoms with Crippen LogP contribution in [0.4, 0.5) is 0 Å². The lowest BCUT2D eigenvalue weighted by atomic mass is 10.2. The van der Waals surface area contributed by atoms with E-state index < -0.39 is 0 Å². The molecule has 0 radical (unpaired) electrons. The first kappa shape index (κ1) is 13.7. The number of H-pyrrole nitrogens is 1. The molecule has 2 rings (SSSR count). The van der Waals surface area contributed by atoms with Crippen molar-refractivity contribution in [2.45, 2.75) is 27.7 Å². The first-order valence-corrected chi connectivity index (χ1v) is 5.52. The van der Waals surface area contributed by atoms with Crippen LogP contribution in [0.1, 0.15) is 26.3 Å². The Morgan fingerprint density at radius 3 is 2.27 bits per heavy atom. The predicted octanol–water partition coefficient (Wildman–Crippen LogP) is 3.47. The largest absolute Gasteiger partial charge is 0.361 e. The highest BCUT2D eigenvalue weighted by atomic mass is 14.7. The summed E-state index contributed by atoms with van der Waals surface area (Å²) in [7, 11) is 0. The normalized spacial score (nSPS) is 8.60. The van der Waals surface area contributed by atoms with Gasteiger partial charge < -0.3 is 10.7 Å². The van der Waals surface area contributed by atoms with E-state index >= 15 is 0 Å². The Morgan fingerprint density at radius 2 is 1.73 bits per heavy atom. The SMILES string of the molecule is CC.CCN.Cc1c[nH]c2ccccc12. The monoisotopic (exact) mass is 206 g/mol. The second-order valence-corrected chi connectivity index (χ2v) is 2.93. The molecule has 0 saturated carbocycles. The maximum Gasteiger partial charge on any atom is 0.0456 e. The molecule has 15 heavy (non-hydrogen) atoms. The van der Waals surface area contributed by atoms with E-state index in [0.717, 1.165) is 6.54 Å². The number of hydrogen-bond donors (Lipinski definition) is 2. The zero-order valence-electron chi connectivity index (χ0n) is 10.2. The Labute approximate surface area is 92.5 Å². The summed E-state index contributed by atoms with van der Waals surface area (Å²) in [6.07, 6.45) is 2.03. The Morgan fingerprint density at radius 1 is 1.20 bits per heavy atom. The fourth-order valence-corrected chi connectivity index (χ4v) is 1.22. The Hall–Kier alpha value is -1.28. The third-order valence-corrected chi connectivity index (χ3v) is 1.80. The van der Waals surface area contributed by atoms with Crippen molar-refractivity contribution in [2.75, 3.05) is 6.54 Å². The van der Waals surface area contributed by atoms with Gasteiger partial charge in [-0.1, -0.05) is 39.0 Å². The van der Waals surface area contributed by atoms with E-state index in [4.69, 9.17) is 5.73 Å². The number of nitrogens with one attached hydrogen (secondary N) is 1. The summed E-state index contributed by atoms with van der Waals surface area (Å²) in [5, 5.41) is 1.32. The molecular formula is C13H22N2. The van der Waals surface area contributed by atoms with Gasteiger partial charge in [-0.25, -0.2) is 0 Å². The molecule has 0 fully saturated rings. The van der Waals surface area contributed by atoms with Crippen LogP contribution >= 0.6 is 0 Å². The van der Waals surface area contributed by atoms with Gasteiger partial charge in [-0.15, -0.1) is 0 Å². The van der Waals surface area contributed by atoms with Crippen LogP contribution in [-0.4, -0.2) is 11.5 Å². The van der Waals surface area contributed by atoms with Gasteiger partial charge in [0.1, 0.15) is 0 Å². The summed E-state index contributed by atoms with van der Waals surface area (Å²) >= 11 is 0. The number of benzene rings is 1. The third-order valence-electron chi connectivity index (χ3n) is 1.80. The fourth-order valence-electron chi connectivity index (χ4n) is 1.22. The summed E-state index contributed by atoms with van der Waals surface area (Å²) in [5.41, 5.74) is 7.38. The Bertz CT molecular complexity index is 363. The predicted molar refractivity (Wildman–Crippen MR) is 69.1 cm³/mol.